The first-order valence-corrected chi connectivity index (χ1v) is 12.1. The Morgan fingerprint density at radius 2 is 2.09 bits per heavy atom. The van der Waals surface area contributed by atoms with Gasteiger partial charge in [-0.1, -0.05) is 15.9 Å². The lowest BCUT2D eigenvalue weighted by Gasteiger charge is -2.43. The summed E-state index contributed by atoms with van der Waals surface area (Å²) in [4.78, 5) is 29.5. The van der Waals surface area contributed by atoms with Crippen molar-refractivity contribution >= 4 is 39.2 Å². The van der Waals surface area contributed by atoms with Crippen LogP contribution >= 0.6 is 15.9 Å². The predicted octanol–water partition coefficient (Wildman–Crippen LogP) is 1.85. The van der Waals surface area contributed by atoms with Crippen molar-refractivity contribution in [2.24, 2.45) is 0 Å². The molecule has 182 valence electrons. The summed E-state index contributed by atoms with van der Waals surface area (Å²) in [5, 5.41) is 17.8. The molecule has 0 radical (unpaired) electrons. The third-order valence-corrected chi connectivity index (χ3v) is 7.15. The van der Waals surface area contributed by atoms with Gasteiger partial charge >= 0.3 is 6.03 Å². The lowest BCUT2D eigenvalue weighted by atomic mass is 9.94. The van der Waals surface area contributed by atoms with Crippen LogP contribution in [0.5, 0.6) is 11.5 Å². The molecule has 0 spiro atoms. The van der Waals surface area contributed by atoms with Crippen molar-refractivity contribution in [3.63, 3.8) is 0 Å². The lowest BCUT2D eigenvalue weighted by molar-refractivity contribution is -0.909. The molecule has 4 rings (SSSR count). The van der Waals surface area contributed by atoms with Crippen molar-refractivity contribution in [2.75, 3.05) is 44.1 Å². The van der Waals surface area contributed by atoms with Crippen LogP contribution < -0.4 is 29.9 Å². The summed E-state index contributed by atoms with van der Waals surface area (Å²) >= 11 is 3.42. The zero-order valence-corrected chi connectivity index (χ0v) is 21.1. The van der Waals surface area contributed by atoms with Crippen LogP contribution in [-0.2, 0) is 10.5 Å². The Labute approximate surface area is 207 Å². The highest BCUT2D eigenvalue weighted by molar-refractivity contribution is 9.10. The largest absolute Gasteiger partial charge is 0.497 e. The number of aliphatic hydroxyl groups is 1. The van der Waals surface area contributed by atoms with Crippen molar-refractivity contribution < 1.29 is 29.1 Å². The lowest BCUT2D eigenvalue weighted by Crippen LogP contribution is -3.14. The highest BCUT2D eigenvalue weighted by Gasteiger charge is 2.53. The van der Waals surface area contributed by atoms with Crippen molar-refractivity contribution in [1.82, 2.24) is 5.32 Å². The minimum absolute atomic E-state index is 0.228. The van der Waals surface area contributed by atoms with E-state index in [9.17, 15) is 14.7 Å². The van der Waals surface area contributed by atoms with Gasteiger partial charge in [0.05, 0.1) is 45.2 Å². The molecule has 2 aromatic carbocycles. The summed E-state index contributed by atoms with van der Waals surface area (Å²) in [5.74, 6) is 0.108. The first-order chi connectivity index (χ1) is 16.3. The van der Waals surface area contributed by atoms with Gasteiger partial charge in [-0.25, -0.2) is 9.69 Å². The van der Waals surface area contributed by atoms with E-state index in [0.29, 0.717) is 22.5 Å². The number of quaternary nitrogens is 1. The molecule has 0 bridgehead atoms. The fraction of sp³-hybridized carbons (Fsp3) is 0.417. The molecule has 0 saturated carbocycles. The topological polar surface area (TPSA) is 105 Å². The van der Waals surface area contributed by atoms with E-state index in [1.807, 2.05) is 0 Å². The van der Waals surface area contributed by atoms with Crippen LogP contribution in [0.2, 0.25) is 0 Å². The van der Waals surface area contributed by atoms with E-state index in [1.165, 1.54) is 19.1 Å². The number of carbonyl (C=O) groups excluding carboxylic acids is 2. The Hall–Kier alpha value is -2.82. The molecule has 4 N–H and O–H groups in total. The second-order valence-electron chi connectivity index (χ2n) is 8.48. The number of fused-ring (bicyclic) bond motifs is 1. The van der Waals surface area contributed by atoms with Gasteiger partial charge in [-0.15, -0.1) is 0 Å². The Morgan fingerprint density at radius 1 is 1.29 bits per heavy atom. The molecule has 1 saturated heterocycles. The SMILES string of the molecule is CC[NH+]1CCCC1CNC(=O)C1(O)c2cc(Br)ccc2NC(=O)N1c1ccc(OC)cc1OC. The normalized spacial score (nSPS) is 23.8. The molecule has 0 aliphatic carbocycles. The molecule has 2 aliphatic rings. The maximum Gasteiger partial charge on any atom is 0.329 e. The predicted molar refractivity (Wildman–Crippen MR) is 131 cm³/mol. The average Bonchev–Trinajstić information content (AvgIpc) is 3.30. The Bertz CT molecular complexity index is 1100. The van der Waals surface area contributed by atoms with E-state index < -0.39 is 17.7 Å². The Balaban J connectivity index is 1.78. The number of urea groups is 1. The minimum Gasteiger partial charge on any atom is -0.497 e. The number of rotatable bonds is 7. The van der Waals surface area contributed by atoms with Crippen molar-refractivity contribution in [1.29, 1.82) is 0 Å². The summed E-state index contributed by atoms with van der Waals surface area (Å²) in [6.45, 7) is 4.57. The van der Waals surface area contributed by atoms with Gasteiger partial charge in [0, 0.05) is 28.9 Å². The molecule has 2 heterocycles. The molecule has 3 unspecified atom stereocenters. The van der Waals surface area contributed by atoms with Gasteiger partial charge in [-0.3, -0.25) is 4.79 Å². The smallest absolute Gasteiger partial charge is 0.329 e. The molecule has 34 heavy (non-hydrogen) atoms. The van der Waals surface area contributed by atoms with Gasteiger partial charge in [0.25, 0.3) is 11.6 Å². The molecule has 9 nitrogen and oxygen atoms in total. The van der Waals surface area contributed by atoms with E-state index in [0.717, 1.165) is 30.8 Å². The quantitative estimate of drug-likeness (QED) is 0.434. The first-order valence-electron chi connectivity index (χ1n) is 11.3. The number of likely N-dealkylation sites (tertiary alicyclic amines) is 1. The number of hydrogen-bond acceptors (Lipinski definition) is 5. The van der Waals surface area contributed by atoms with Gasteiger partial charge < -0.3 is 30.1 Å². The molecule has 3 amide bonds. The number of anilines is 2. The highest BCUT2D eigenvalue weighted by atomic mass is 79.9. The third kappa shape index (κ3) is 4.21. The van der Waals surface area contributed by atoms with E-state index in [-0.39, 0.29) is 23.0 Å². The van der Waals surface area contributed by atoms with Crippen LogP contribution in [0.4, 0.5) is 16.2 Å². The van der Waals surface area contributed by atoms with Gasteiger partial charge in [-0.05, 0) is 37.3 Å². The van der Waals surface area contributed by atoms with Crippen LogP contribution in [0.1, 0.15) is 25.3 Å². The second-order valence-corrected chi connectivity index (χ2v) is 9.39. The fourth-order valence-electron chi connectivity index (χ4n) is 4.86. The summed E-state index contributed by atoms with van der Waals surface area (Å²) < 4.78 is 11.4. The molecule has 2 aliphatic heterocycles. The first kappa shape index (κ1) is 24.3. The summed E-state index contributed by atoms with van der Waals surface area (Å²) in [6.07, 6.45) is 2.10. The van der Waals surface area contributed by atoms with Gasteiger partial charge in [0.15, 0.2) is 0 Å². The minimum atomic E-state index is -2.31. The van der Waals surface area contributed by atoms with Crippen LogP contribution in [0.25, 0.3) is 0 Å². The van der Waals surface area contributed by atoms with E-state index in [4.69, 9.17) is 9.47 Å². The molecule has 0 aromatic heterocycles. The number of amides is 3. The zero-order chi connectivity index (χ0) is 24.5. The molecule has 2 aromatic rings. The number of methoxy groups -OCH3 is 2. The number of carbonyl (C=O) groups is 2. The summed E-state index contributed by atoms with van der Waals surface area (Å²) in [6, 6.07) is 9.45. The average molecular weight is 534 g/mol. The molecule has 10 heteroatoms. The number of benzene rings is 2. The summed E-state index contributed by atoms with van der Waals surface area (Å²) in [5.41, 5.74) is -1.47. The molecule has 3 atom stereocenters. The number of halogens is 1. The second kappa shape index (κ2) is 9.81. The van der Waals surface area contributed by atoms with Crippen LogP contribution in [0, 0.1) is 0 Å². The monoisotopic (exact) mass is 533 g/mol. The fourth-order valence-corrected chi connectivity index (χ4v) is 5.23. The van der Waals surface area contributed by atoms with Crippen LogP contribution in [-0.4, -0.2) is 56.9 Å². The third-order valence-electron chi connectivity index (χ3n) is 6.66. The van der Waals surface area contributed by atoms with Crippen LogP contribution in [0.3, 0.4) is 0 Å². The molecular formula is C24H30BrN4O5+. The number of ether oxygens (including phenoxy) is 2. The summed E-state index contributed by atoms with van der Waals surface area (Å²) in [7, 11) is 2.97. The van der Waals surface area contributed by atoms with Crippen LogP contribution in [0.15, 0.2) is 40.9 Å². The van der Waals surface area contributed by atoms with E-state index in [1.54, 1.807) is 36.4 Å². The maximum atomic E-state index is 13.7. The van der Waals surface area contributed by atoms with Gasteiger partial charge in [0.1, 0.15) is 17.5 Å². The van der Waals surface area contributed by atoms with Crippen molar-refractivity contribution in [2.45, 2.75) is 31.5 Å². The van der Waals surface area contributed by atoms with E-state index >= 15 is 0 Å². The van der Waals surface area contributed by atoms with Crippen molar-refractivity contribution in [3.8, 4) is 11.5 Å². The molecule has 1 fully saturated rings. The van der Waals surface area contributed by atoms with Gasteiger partial charge in [0.2, 0.25) is 0 Å². The molecular weight excluding hydrogens is 504 g/mol. The van der Waals surface area contributed by atoms with Gasteiger partial charge in [-0.2, -0.15) is 0 Å². The highest BCUT2D eigenvalue weighted by Crippen LogP contribution is 2.44. The number of likely N-dealkylation sites (N-methyl/N-ethyl adjacent to an activating group) is 1. The van der Waals surface area contributed by atoms with E-state index in [2.05, 4.69) is 33.5 Å². The number of nitrogens with zero attached hydrogens (tertiary/aromatic N) is 1. The zero-order valence-electron chi connectivity index (χ0n) is 19.5. The standard InChI is InChI=1S/C24H29BrN4O5/c1-4-28-11-5-6-16(28)14-26-22(30)24(32)18-12-15(25)7-9-19(18)27-23(31)29(24)20-10-8-17(33-2)13-21(20)34-3/h7-10,12-13,16,32H,4-6,11,14H2,1-3H3,(H,26,30)(H,27,31)/p+1. The Kier molecular flexibility index (Phi) is 7.01. The maximum absolute atomic E-state index is 13.7. The number of nitrogens with one attached hydrogen (secondary N) is 3. The number of hydrogen-bond donors (Lipinski definition) is 4. The van der Waals surface area contributed by atoms with Crippen molar-refractivity contribution in [3.05, 3.63) is 46.4 Å². The Morgan fingerprint density at radius 3 is 2.79 bits per heavy atom.